The van der Waals surface area contributed by atoms with Crippen LogP contribution < -0.4 is 9.62 Å². The van der Waals surface area contributed by atoms with Gasteiger partial charge in [-0.25, -0.2) is 8.42 Å². The van der Waals surface area contributed by atoms with Crippen LogP contribution in [0.25, 0.3) is 0 Å². The van der Waals surface area contributed by atoms with Crippen molar-refractivity contribution < 1.29 is 13.2 Å². The number of carbonyl (C=O) groups excluding carboxylic acids is 1. The molecule has 1 N–H and O–H groups in total. The fourth-order valence-electron chi connectivity index (χ4n) is 3.12. The molecule has 3 aromatic carbocycles. The van der Waals surface area contributed by atoms with Crippen LogP contribution in [0.3, 0.4) is 0 Å². The number of aryl methyl sites for hydroxylation is 3. The van der Waals surface area contributed by atoms with Crippen molar-refractivity contribution in [3.05, 3.63) is 87.9 Å². The zero-order valence-corrected chi connectivity index (χ0v) is 19.4. The maximum absolute atomic E-state index is 13.5. The molecule has 0 spiro atoms. The third-order valence-electron chi connectivity index (χ3n) is 4.63. The Morgan fingerprint density at radius 3 is 2.23 bits per heavy atom. The van der Waals surface area contributed by atoms with Gasteiger partial charge < -0.3 is 5.32 Å². The molecular formula is C23H23BrN2O3S. The summed E-state index contributed by atoms with van der Waals surface area (Å²) in [6.45, 7) is 5.33. The third-order valence-corrected chi connectivity index (χ3v) is 6.89. The van der Waals surface area contributed by atoms with Gasteiger partial charge in [0.2, 0.25) is 5.91 Å². The van der Waals surface area contributed by atoms with E-state index in [1.807, 2.05) is 39.0 Å². The molecule has 0 saturated heterocycles. The minimum absolute atomic E-state index is 0.142. The van der Waals surface area contributed by atoms with Gasteiger partial charge in [-0.05, 0) is 62.7 Å². The summed E-state index contributed by atoms with van der Waals surface area (Å²) in [5.74, 6) is -0.427. The second kappa shape index (κ2) is 9.02. The fraction of sp³-hybridized carbons (Fsp3) is 0.174. The van der Waals surface area contributed by atoms with Crippen molar-refractivity contribution in [1.82, 2.24) is 0 Å². The molecule has 0 aliphatic rings. The van der Waals surface area contributed by atoms with E-state index in [-0.39, 0.29) is 11.4 Å². The van der Waals surface area contributed by atoms with Crippen LogP contribution in [-0.4, -0.2) is 20.9 Å². The van der Waals surface area contributed by atoms with Crippen LogP contribution in [0.2, 0.25) is 0 Å². The normalized spacial score (nSPS) is 11.2. The molecule has 1 amide bonds. The SMILES string of the molecule is Cc1ccc(S(=O)(=O)N(CC(=O)Nc2cccc(Br)c2)c2ccc(C)cc2C)cc1. The summed E-state index contributed by atoms with van der Waals surface area (Å²) >= 11 is 3.37. The van der Waals surface area contributed by atoms with Gasteiger partial charge in [0.15, 0.2) is 0 Å². The van der Waals surface area contributed by atoms with Crippen LogP contribution in [0, 0.1) is 20.8 Å². The Bertz CT molecular complexity index is 1180. The first-order chi connectivity index (χ1) is 14.2. The van der Waals surface area contributed by atoms with E-state index in [9.17, 15) is 13.2 Å². The van der Waals surface area contributed by atoms with Crippen LogP contribution in [0.1, 0.15) is 16.7 Å². The molecule has 0 aliphatic carbocycles. The lowest BCUT2D eigenvalue weighted by molar-refractivity contribution is -0.114. The summed E-state index contributed by atoms with van der Waals surface area (Å²) in [6, 6.07) is 19.2. The van der Waals surface area contributed by atoms with Crippen molar-refractivity contribution >= 4 is 43.2 Å². The molecule has 0 fully saturated rings. The van der Waals surface area contributed by atoms with E-state index in [2.05, 4.69) is 21.2 Å². The number of halogens is 1. The van der Waals surface area contributed by atoms with Crippen molar-refractivity contribution in [2.24, 2.45) is 0 Å². The molecule has 3 rings (SSSR count). The maximum Gasteiger partial charge on any atom is 0.264 e. The van der Waals surface area contributed by atoms with Crippen molar-refractivity contribution in [2.75, 3.05) is 16.2 Å². The van der Waals surface area contributed by atoms with E-state index in [0.29, 0.717) is 11.4 Å². The molecule has 156 valence electrons. The average molecular weight is 487 g/mol. The molecule has 0 saturated carbocycles. The van der Waals surface area contributed by atoms with Crippen molar-refractivity contribution in [2.45, 2.75) is 25.7 Å². The highest BCUT2D eigenvalue weighted by Gasteiger charge is 2.28. The van der Waals surface area contributed by atoms with Crippen LogP contribution >= 0.6 is 15.9 Å². The molecule has 0 atom stereocenters. The molecule has 0 radical (unpaired) electrons. The van der Waals surface area contributed by atoms with Crippen molar-refractivity contribution in [3.63, 3.8) is 0 Å². The first-order valence-electron chi connectivity index (χ1n) is 9.39. The largest absolute Gasteiger partial charge is 0.324 e. The summed E-state index contributed by atoms with van der Waals surface area (Å²) < 4.78 is 28.9. The third kappa shape index (κ3) is 5.09. The predicted molar refractivity (Wildman–Crippen MR) is 124 cm³/mol. The first kappa shape index (κ1) is 22.1. The minimum Gasteiger partial charge on any atom is -0.324 e. The minimum atomic E-state index is -3.94. The molecule has 0 aliphatic heterocycles. The van der Waals surface area contributed by atoms with Gasteiger partial charge in [-0.1, -0.05) is 57.4 Å². The van der Waals surface area contributed by atoms with Crippen LogP contribution in [0.4, 0.5) is 11.4 Å². The highest BCUT2D eigenvalue weighted by Crippen LogP contribution is 2.28. The fourth-order valence-corrected chi connectivity index (χ4v) is 5.00. The van der Waals surface area contributed by atoms with E-state index >= 15 is 0 Å². The average Bonchev–Trinajstić information content (AvgIpc) is 2.67. The molecule has 0 unspecified atom stereocenters. The van der Waals surface area contributed by atoms with E-state index < -0.39 is 15.9 Å². The zero-order chi connectivity index (χ0) is 21.9. The Morgan fingerprint density at radius 2 is 1.60 bits per heavy atom. The number of amides is 1. The number of nitrogens with one attached hydrogen (secondary N) is 1. The lowest BCUT2D eigenvalue weighted by Gasteiger charge is -2.26. The highest BCUT2D eigenvalue weighted by atomic mass is 79.9. The summed E-state index contributed by atoms with van der Waals surface area (Å²) in [5, 5.41) is 2.77. The van der Waals surface area contributed by atoms with Gasteiger partial charge >= 0.3 is 0 Å². The zero-order valence-electron chi connectivity index (χ0n) is 17.0. The van der Waals surface area contributed by atoms with Gasteiger partial charge in [-0.15, -0.1) is 0 Å². The summed E-state index contributed by atoms with van der Waals surface area (Å²) in [7, 11) is -3.94. The second-order valence-corrected chi connectivity index (χ2v) is 9.95. The summed E-state index contributed by atoms with van der Waals surface area (Å²) in [4.78, 5) is 12.9. The molecule has 5 nitrogen and oxygen atoms in total. The number of anilines is 2. The van der Waals surface area contributed by atoms with E-state index in [0.717, 1.165) is 21.2 Å². The maximum atomic E-state index is 13.5. The lowest BCUT2D eigenvalue weighted by atomic mass is 10.1. The second-order valence-electron chi connectivity index (χ2n) is 7.17. The van der Waals surface area contributed by atoms with E-state index in [1.54, 1.807) is 48.5 Å². The molecular weight excluding hydrogens is 464 g/mol. The van der Waals surface area contributed by atoms with E-state index in [1.165, 1.54) is 4.31 Å². The Labute approximate surface area is 185 Å². The molecule has 7 heteroatoms. The van der Waals surface area contributed by atoms with Gasteiger partial charge in [0, 0.05) is 10.2 Å². The van der Waals surface area contributed by atoms with Crippen LogP contribution in [-0.2, 0) is 14.8 Å². The van der Waals surface area contributed by atoms with Crippen LogP contribution in [0.15, 0.2) is 76.1 Å². The molecule has 0 heterocycles. The van der Waals surface area contributed by atoms with Gasteiger partial charge in [-0.3, -0.25) is 9.10 Å². The van der Waals surface area contributed by atoms with Crippen LogP contribution in [0.5, 0.6) is 0 Å². The van der Waals surface area contributed by atoms with E-state index in [4.69, 9.17) is 0 Å². The number of nitrogens with zero attached hydrogens (tertiary/aromatic N) is 1. The monoisotopic (exact) mass is 486 g/mol. The number of sulfonamides is 1. The molecule has 0 bridgehead atoms. The smallest absolute Gasteiger partial charge is 0.264 e. The summed E-state index contributed by atoms with van der Waals surface area (Å²) in [6.07, 6.45) is 0. The van der Waals surface area contributed by atoms with Crippen molar-refractivity contribution in [1.29, 1.82) is 0 Å². The number of hydrogen-bond donors (Lipinski definition) is 1. The topological polar surface area (TPSA) is 66.5 Å². The Hall–Kier alpha value is -2.64. The first-order valence-corrected chi connectivity index (χ1v) is 11.6. The Balaban J connectivity index is 1.99. The molecule has 30 heavy (non-hydrogen) atoms. The van der Waals surface area contributed by atoms with Gasteiger partial charge in [0.05, 0.1) is 10.6 Å². The highest BCUT2D eigenvalue weighted by molar-refractivity contribution is 9.10. The number of rotatable bonds is 6. The number of benzene rings is 3. The van der Waals surface area contributed by atoms with Gasteiger partial charge in [0.25, 0.3) is 10.0 Å². The molecule has 0 aromatic heterocycles. The predicted octanol–water partition coefficient (Wildman–Crippen LogP) is 5.21. The number of hydrogen-bond acceptors (Lipinski definition) is 3. The standard InChI is InChI=1S/C23H23BrN2O3S/c1-16-7-10-21(11-8-16)30(28,29)26(22-12-9-17(2)13-18(22)3)15-23(27)25-20-6-4-5-19(24)14-20/h4-14H,15H2,1-3H3,(H,25,27). The Morgan fingerprint density at radius 1 is 0.933 bits per heavy atom. The number of carbonyl (C=O) groups is 1. The van der Waals surface area contributed by atoms with Gasteiger partial charge in [0.1, 0.15) is 6.54 Å². The van der Waals surface area contributed by atoms with Gasteiger partial charge in [-0.2, -0.15) is 0 Å². The quantitative estimate of drug-likeness (QED) is 0.519. The molecule has 3 aromatic rings. The Kier molecular flexibility index (Phi) is 6.63. The van der Waals surface area contributed by atoms with Crippen molar-refractivity contribution in [3.8, 4) is 0 Å². The summed E-state index contributed by atoms with van der Waals surface area (Å²) in [5.41, 5.74) is 3.82. The lowest BCUT2D eigenvalue weighted by Crippen LogP contribution is -2.38.